The van der Waals surface area contributed by atoms with Gasteiger partial charge in [-0.05, 0) is 24.6 Å². The minimum atomic E-state index is -4.01. The van der Waals surface area contributed by atoms with Crippen molar-refractivity contribution in [3.8, 4) is 11.3 Å². The Morgan fingerprint density at radius 1 is 1.03 bits per heavy atom. The van der Waals surface area contributed by atoms with Gasteiger partial charge in [0.15, 0.2) is 5.13 Å². The summed E-state index contributed by atoms with van der Waals surface area (Å²) in [6.07, 6.45) is 0. The van der Waals surface area contributed by atoms with Gasteiger partial charge in [-0.25, -0.2) is 22.2 Å². The van der Waals surface area contributed by atoms with E-state index in [1.54, 1.807) is 0 Å². The maximum atomic E-state index is 14.0. The van der Waals surface area contributed by atoms with Crippen LogP contribution in [-0.4, -0.2) is 43.9 Å². The molecule has 0 amide bonds. The summed E-state index contributed by atoms with van der Waals surface area (Å²) in [7, 11) is -4.01. The van der Waals surface area contributed by atoms with E-state index in [-0.39, 0.29) is 13.1 Å². The SMILES string of the molecule is Cc1ccccc1-c1csc(N2CCN(S(=O)(=O)c3ccc(F)cc3F)CC2)n1. The molecule has 1 aliphatic heterocycles. The van der Waals surface area contributed by atoms with Crippen molar-refractivity contribution in [2.75, 3.05) is 31.1 Å². The van der Waals surface area contributed by atoms with Crippen LogP contribution in [0.5, 0.6) is 0 Å². The molecule has 1 aromatic heterocycles. The molecule has 2 aromatic carbocycles. The number of aryl methyl sites for hydroxylation is 1. The van der Waals surface area contributed by atoms with Gasteiger partial charge in [0.25, 0.3) is 0 Å². The van der Waals surface area contributed by atoms with Gasteiger partial charge in [-0.2, -0.15) is 4.31 Å². The molecule has 0 bridgehead atoms. The molecule has 1 saturated heterocycles. The molecule has 0 N–H and O–H groups in total. The van der Waals surface area contributed by atoms with E-state index in [4.69, 9.17) is 4.98 Å². The number of aromatic nitrogens is 1. The van der Waals surface area contributed by atoms with Crippen LogP contribution in [0.25, 0.3) is 11.3 Å². The Bertz CT molecular complexity index is 1140. The van der Waals surface area contributed by atoms with Crippen LogP contribution >= 0.6 is 11.3 Å². The number of piperazine rings is 1. The first-order valence-corrected chi connectivity index (χ1v) is 11.4. The maximum absolute atomic E-state index is 14.0. The Morgan fingerprint density at radius 2 is 1.76 bits per heavy atom. The Morgan fingerprint density at radius 3 is 2.45 bits per heavy atom. The zero-order valence-corrected chi connectivity index (χ0v) is 17.3. The van der Waals surface area contributed by atoms with Crippen molar-refractivity contribution < 1.29 is 17.2 Å². The molecule has 29 heavy (non-hydrogen) atoms. The van der Waals surface area contributed by atoms with Crippen LogP contribution in [0.15, 0.2) is 52.7 Å². The second-order valence-electron chi connectivity index (χ2n) is 6.80. The van der Waals surface area contributed by atoms with Crippen molar-refractivity contribution in [1.82, 2.24) is 9.29 Å². The van der Waals surface area contributed by atoms with Crippen molar-refractivity contribution >= 4 is 26.5 Å². The summed E-state index contributed by atoms with van der Waals surface area (Å²) in [6, 6.07) is 10.5. The van der Waals surface area contributed by atoms with Crippen LogP contribution in [0.1, 0.15) is 5.56 Å². The van der Waals surface area contributed by atoms with Gasteiger partial charge in [0, 0.05) is 43.2 Å². The predicted octanol–water partition coefficient (Wildman–Crippen LogP) is 3.91. The van der Waals surface area contributed by atoms with Gasteiger partial charge < -0.3 is 4.90 Å². The molecule has 5 nitrogen and oxygen atoms in total. The van der Waals surface area contributed by atoms with Crippen LogP contribution in [0.3, 0.4) is 0 Å². The molecule has 9 heteroatoms. The van der Waals surface area contributed by atoms with E-state index in [9.17, 15) is 17.2 Å². The molecule has 152 valence electrons. The molecular formula is C20H19F2N3O2S2. The summed E-state index contributed by atoms with van der Waals surface area (Å²) in [5.41, 5.74) is 3.11. The molecule has 0 aliphatic carbocycles. The van der Waals surface area contributed by atoms with Gasteiger partial charge >= 0.3 is 0 Å². The fourth-order valence-electron chi connectivity index (χ4n) is 3.34. The van der Waals surface area contributed by atoms with Crippen LogP contribution < -0.4 is 4.90 Å². The lowest BCUT2D eigenvalue weighted by Crippen LogP contribution is -2.48. The van der Waals surface area contributed by atoms with E-state index in [0.717, 1.165) is 34.1 Å². The number of sulfonamides is 1. The number of halogens is 2. The van der Waals surface area contributed by atoms with Gasteiger partial charge in [-0.3, -0.25) is 0 Å². The third-order valence-corrected chi connectivity index (χ3v) is 7.77. The summed E-state index contributed by atoms with van der Waals surface area (Å²) < 4.78 is 53.8. The summed E-state index contributed by atoms with van der Waals surface area (Å²) in [6.45, 7) is 3.34. The second-order valence-corrected chi connectivity index (χ2v) is 9.54. The summed E-state index contributed by atoms with van der Waals surface area (Å²) in [5, 5.41) is 2.82. The molecule has 0 saturated carbocycles. The Hall–Kier alpha value is -2.36. The highest BCUT2D eigenvalue weighted by atomic mass is 32.2. The molecule has 0 unspecified atom stereocenters. The minimum Gasteiger partial charge on any atom is -0.345 e. The lowest BCUT2D eigenvalue weighted by molar-refractivity contribution is 0.382. The second kappa shape index (κ2) is 7.81. The number of thiazole rings is 1. The van der Waals surface area contributed by atoms with Crippen molar-refractivity contribution in [2.45, 2.75) is 11.8 Å². The van der Waals surface area contributed by atoms with Crippen LogP contribution in [0.4, 0.5) is 13.9 Å². The minimum absolute atomic E-state index is 0.207. The number of benzene rings is 2. The molecule has 1 fully saturated rings. The monoisotopic (exact) mass is 435 g/mol. The predicted molar refractivity (Wildman–Crippen MR) is 110 cm³/mol. The molecule has 1 aliphatic rings. The fraction of sp³-hybridized carbons (Fsp3) is 0.250. The van der Waals surface area contributed by atoms with E-state index < -0.39 is 26.6 Å². The largest absolute Gasteiger partial charge is 0.345 e. The zero-order chi connectivity index (χ0) is 20.6. The highest BCUT2D eigenvalue weighted by molar-refractivity contribution is 7.89. The van der Waals surface area contributed by atoms with Crippen molar-refractivity contribution in [3.63, 3.8) is 0 Å². The first kappa shape index (κ1) is 19.9. The smallest absolute Gasteiger partial charge is 0.246 e. The topological polar surface area (TPSA) is 53.5 Å². The molecular weight excluding hydrogens is 416 g/mol. The molecule has 2 heterocycles. The molecule has 0 spiro atoms. The third kappa shape index (κ3) is 3.90. The summed E-state index contributed by atoms with van der Waals surface area (Å²) in [4.78, 5) is 6.24. The van der Waals surface area contributed by atoms with Crippen LogP contribution in [-0.2, 0) is 10.0 Å². The highest BCUT2D eigenvalue weighted by Crippen LogP contribution is 2.30. The first-order valence-electron chi connectivity index (χ1n) is 9.08. The molecule has 0 atom stereocenters. The van der Waals surface area contributed by atoms with Gasteiger partial charge in [0.2, 0.25) is 10.0 Å². The lowest BCUT2D eigenvalue weighted by atomic mass is 10.1. The summed E-state index contributed by atoms with van der Waals surface area (Å²) >= 11 is 1.51. The number of hydrogen-bond acceptors (Lipinski definition) is 5. The molecule has 3 aromatic rings. The van der Waals surface area contributed by atoms with E-state index in [0.29, 0.717) is 19.2 Å². The van der Waals surface area contributed by atoms with E-state index in [2.05, 4.69) is 0 Å². The average molecular weight is 436 g/mol. The molecule has 0 radical (unpaired) electrons. The zero-order valence-electron chi connectivity index (χ0n) is 15.7. The normalized spacial score (nSPS) is 15.6. The highest BCUT2D eigenvalue weighted by Gasteiger charge is 2.31. The standard InChI is InChI=1S/C20H19F2N3O2S2/c1-14-4-2-3-5-16(14)18-13-28-20(23-18)24-8-10-25(11-9-24)29(26,27)19-7-6-15(21)12-17(19)22/h2-7,12-13H,8-11H2,1H3. The van der Waals surface area contributed by atoms with E-state index in [1.165, 1.54) is 15.6 Å². The first-order chi connectivity index (χ1) is 13.9. The van der Waals surface area contributed by atoms with Gasteiger partial charge in [-0.1, -0.05) is 24.3 Å². The molecule has 4 rings (SSSR count). The van der Waals surface area contributed by atoms with Gasteiger partial charge in [0.05, 0.1) is 5.69 Å². The van der Waals surface area contributed by atoms with E-state index >= 15 is 0 Å². The van der Waals surface area contributed by atoms with Gasteiger partial charge in [-0.15, -0.1) is 11.3 Å². The number of anilines is 1. The van der Waals surface area contributed by atoms with Crippen molar-refractivity contribution in [2.24, 2.45) is 0 Å². The fourth-order valence-corrected chi connectivity index (χ4v) is 5.68. The van der Waals surface area contributed by atoms with Crippen molar-refractivity contribution in [3.05, 3.63) is 65.0 Å². The lowest BCUT2D eigenvalue weighted by Gasteiger charge is -2.33. The van der Waals surface area contributed by atoms with Crippen molar-refractivity contribution in [1.29, 1.82) is 0 Å². The number of rotatable bonds is 4. The van der Waals surface area contributed by atoms with Crippen LogP contribution in [0, 0.1) is 18.6 Å². The Labute approximate surface area is 172 Å². The Kier molecular flexibility index (Phi) is 5.37. The third-order valence-electron chi connectivity index (χ3n) is 4.93. The number of hydrogen-bond donors (Lipinski definition) is 0. The quantitative estimate of drug-likeness (QED) is 0.624. The van der Waals surface area contributed by atoms with Gasteiger partial charge in [0.1, 0.15) is 16.5 Å². The number of nitrogens with zero attached hydrogens (tertiary/aromatic N) is 3. The van der Waals surface area contributed by atoms with E-state index in [1.807, 2.05) is 41.5 Å². The Balaban J connectivity index is 1.48. The summed E-state index contributed by atoms with van der Waals surface area (Å²) in [5.74, 6) is -1.88. The maximum Gasteiger partial charge on any atom is 0.246 e. The van der Waals surface area contributed by atoms with Crippen LogP contribution in [0.2, 0.25) is 0 Å². The average Bonchev–Trinajstić information content (AvgIpc) is 3.18.